The summed E-state index contributed by atoms with van der Waals surface area (Å²) in [5.74, 6) is 0.388. The maximum Gasteiger partial charge on any atom is 0.233 e. The highest BCUT2D eigenvalue weighted by Crippen LogP contribution is 2.32. The fourth-order valence-corrected chi connectivity index (χ4v) is 3.75. The first-order valence-corrected chi connectivity index (χ1v) is 9.12. The van der Waals surface area contributed by atoms with Gasteiger partial charge in [0.15, 0.2) is 0 Å². The topological polar surface area (TPSA) is 139 Å². The maximum atomic E-state index is 12.4. The predicted octanol–water partition coefficient (Wildman–Crippen LogP) is 0.754. The Morgan fingerprint density at radius 3 is 2.71 bits per heavy atom. The second-order valence-electron chi connectivity index (χ2n) is 5.48. The van der Waals surface area contributed by atoms with E-state index in [1.165, 1.54) is 11.2 Å². The largest absolute Gasteiger partial charge is 0.383 e. The molecule has 0 saturated carbocycles. The molecule has 10 heteroatoms. The van der Waals surface area contributed by atoms with Gasteiger partial charge in [-0.05, 0) is 6.42 Å². The first-order chi connectivity index (χ1) is 11.4. The molecule has 0 radical (unpaired) electrons. The zero-order valence-electron chi connectivity index (χ0n) is 13.1. The lowest BCUT2D eigenvalue weighted by Gasteiger charge is -2.17. The van der Waals surface area contributed by atoms with E-state index in [2.05, 4.69) is 19.9 Å². The number of rotatable bonds is 5. The monoisotopic (exact) mass is 347 g/mol. The van der Waals surface area contributed by atoms with Gasteiger partial charge in [0.2, 0.25) is 11.1 Å². The zero-order chi connectivity index (χ0) is 17.3. The second kappa shape index (κ2) is 6.11. The Kier molecular flexibility index (Phi) is 4.14. The van der Waals surface area contributed by atoms with Crippen molar-refractivity contribution in [2.45, 2.75) is 31.5 Å². The molecule has 0 aliphatic carbocycles. The van der Waals surface area contributed by atoms with Crippen molar-refractivity contribution < 1.29 is 9.00 Å². The van der Waals surface area contributed by atoms with Gasteiger partial charge in [0, 0.05) is 29.3 Å². The lowest BCUT2D eigenvalue weighted by molar-refractivity contribution is -0.117. The molecule has 1 amide bonds. The second-order valence-corrected chi connectivity index (χ2v) is 7.60. The number of nitrogens with one attached hydrogen (secondary N) is 1. The molecular formula is C14H17N7O2S. The van der Waals surface area contributed by atoms with Crippen LogP contribution in [-0.2, 0) is 27.5 Å². The van der Waals surface area contributed by atoms with E-state index in [9.17, 15) is 9.00 Å². The number of amides is 1. The summed E-state index contributed by atoms with van der Waals surface area (Å²) in [5.41, 5.74) is 7.16. The van der Waals surface area contributed by atoms with Gasteiger partial charge < -0.3 is 5.73 Å². The highest BCUT2D eigenvalue weighted by molar-refractivity contribution is 7.92. The Hall–Kier alpha value is -2.62. The van der Waals surface area contributed by atoms with E-state index in [0.717, 1.165) is 5.56 Å². The van der Waals surface area contributed by atoms with Crippen molar-refractivity contribution in [3.05, 3.63) is 29.8 Å². The van der Waals surface area contributed by atoms with Gasteiger partial charge in [0.25, 0.3) is 0 Å². The van der Waals surface area contributed by atoms with Crippen molar-refractivity contribution in [2.75, 3.05) is 16.4 Å². The van der Waals surface area contributed by atoms with E-state index < -0.39 is 9.73 Å². The number of carbonyl (C=O) groups excluding carboxylic acids is 1. The summed E-state index contributed by atoms with van der Waals surface area (Å²) < 4.78 is 20.4. The highest BCUT2D eigenvalue weighted by Gasteiger charge is 2.33. The number of carbonyl (C=O) groups is 1. The maximum absolute atomic E-state index is 12.4. The Morgan fingerprint density at radius 1 is 1.33 bits per heavy atom. The van der Waals surface area contributed by atoms with Gasteiger partial charge in [0.1, 0.15) is 27.7 Å². The van der Waals surface area contributed by atoms with Gasteiger partial charge in [-0.3, -0.25) is 9.69 Å². The van der Waals surface area contributed by atoms with Gasteiger partial charge in [0.05, 0.1) is 13.0 Å². The molecule has 2 aromatic heterocycles. The van der Waals surface area contributed by atoms with E-state index in [1.807, 2.05) is 6.92 Å². The fourth-order valence-electron chi connectivity index (χ4n) is 2.51. The van der Waals surface area contributed by atoms with Crippen LogP contribution in [0.1, 0.15) is 24.5 Å². The Bertz CT molecular complexity index is 883. The van der Waals surface area contributed by atoms with Gasteiger partial charge in [-0.1, -0.05) is 6.92 Å². The summed E-state index contributed by atoms with van der Waals surface area (Å²) >= 11 is 0. The van der Waals surface area contributed by atoms with Crippen molar-refractivity contribution in [3.8, 4) is 0 Å². The molecule has 1 aliphatic heterocycles. The number of hydrogen-bond donors (Lipinski definition) is 2. The normalized spacial score (nSPS) is 16.0. The molecule has 0 spiro atoms. The molecule has 0 fully saturated rings. The van der Waals surface area contributed by atoms with E-state index in [-0.39, 0.29) is 35.6 Å². The minimum absolute atomic E-state index is 0.0854. The van der Waals surface area contributed by atoms with Gasteiger partial charge in [-0.2, -0.15) is 0 Å². The van der Waals surface area contributed by atoms with Crippen LogP contribution < -0.4 is 10.6 Å². The van der Waals surface area contributed by atoms with Gasteiger partial charge in [-0.15, -0.1) is 0 Å². The molecule has 2 aromatic rings. The molecule has 0 aromatic carbocycles. The first-order valence-electron chi connectivity index (χ1n) is 7.39. The van der Waals surface area contributed by atoms with Crippen LogP contribution in [0.5, 0.6) is 0 Å². The number of hydrogen-bond acceptors (Lipinski definition) is 8. The summed E-state index contributed by atoms with van der Waals surface area (Å²) in [5, 5.41) is -0.121. The van der Waals surface area contributed by atoms with Crippen LogP contribution in [0.25, 0.3) is 0 Å². The third-order valence-corrected chi connectivity index (χ3v) is 5.38. The van der Waals surface area contributed by atoms with Crippen LogP contribution >= 0.6 is 0 Å². The van der Waals surface area contributed by atoms with Crippen molar-refractivity contribution in [3.63, 3.8) is 0 Å². The van der Waals surface area contributed by atoms with Crippen molar-refractivity contribution in [2.24, 2.45) is 0 Å². The number of nitrogens with two attached hydrogens (primary N) is 1. The average molecular weight is 347 g/mol. The van der Waals surface area contributed by atoms with Crippen LogP contribution in [0.4, 0.5) is 11.6 Å². The number of nitrogens with zero attached hydrogens (tertiary/aromatic N) is 5. The van der Waals surface area contributed by atoms with E-state index in [4.69, 9.17) is 10.5 Å². The SMILES string of the molecule is CCCS(=N)(=O)c1nc(N)c2c(n1)N(Cc1cncnc1)C(=O)C2. The lowest BCUT2D eigenvalue weighted by Crippen LogP contribution is -2.27. The van der Waals surface area contributed by atoms with Crippen molar-refractivity contribution in [1.82, 2.24) is 19.9 Å². The van der Waals surface area contributed by atoms with Crippen LogP contribution in [0, 0.1) is 4.78 Å². The van der Waals surface area contributed by atoms with E-state index >= 15 is 0 Å². The summed E-state index contributed by atoms with van der Waals surface area (Å²) in [6.45, 7) is 2.06. The highest BCUT2D eigenvalue weighted by atomic mass is 32.2. The van der Waals surface area contributed by atoms with Crippen molar-refractivity contribution >= 4 is 27.3 Å². The molecule has 1 atom stereocenters. The van der Waals surface area contributed by atoms with Crippen LogP contribution in [0.3, 0.4) is 0 Å². The van der Waals surface area contributed by atoms with E-state index in [0.29, 0.717) is 17.8 Å². The quantitative estimate of drug-likeness (QED) is 0.761. The number of anilines is 2. The zero-order valence-corrected chi connectivity index (χ0v) is 13.9. The molecule has 0 saturated heterocycles. The minimum Gasteiger partial charge on any atom is -0.383 e. The molecule has 126 valence electrons. The number of fused-ring (bicyclic) bond motifs is 1. The summed E-state index contributed by atoms with van der Waals surface area (Å²) in [6.07, 6.45) is 5.26. The summed E-state index contributed by atoms with van der Waals surface area (Å²) in [7, 11) is -3.13. The third-order valence-electron chi connectivity index (χ3n) is 3.62. The predicted molar refractivity (Wildman–Crippen MR) is 87.7 cm³/mol. The third kappa shape index (κ3) is 2.92. The fraction of sp³-hybridized carbons (Fsp3) is 0.357. The molecule has 3 rings (SSSR count). The standard InChI is InChI=1S/C14H17N7O2S/c1-2-3-24(16,23)14-19-12(15)10-4-11(22)21(13(10)20-14)7-9-5-17-8-18-6-9/h5-6,8,16H,2-4,7H2,1H3,(H2,15,19,20). The Balaban J connectivity index is 2.03. The lowest BCUT2D eigenvalue weighted by atomic mass is 10.2. The van der Waals surface area contributed by atoms with Crippen molar-refractivity contribution in [1.29, 1.82) is 4.78 Å². The van der Waals surface area contributed by atoms with Crippen LogP contribution in [-0.4, -0.2) is 35.8 Å². The summed E-state index contributed by atoms with van der Waals surface area (Å²) in [4.78, 5) is 29.9. The first kappa shape index (κ1) is 16.2. The molecular weight excluding hydrogens is 330 g/mol. The number of aromatic nitrogens is 4. The number of nitrogen functional groups attached to an aromatic ring is 1. The Labute approximate surface area is 139 Å². The Morgan fingerprint density at radius 2 is 2.04 bits per heavy atom. The molecule has 24 heavy (non-hydrogen) atoms. The minimum atomic E-state index is -3.13. The molecule has 3 N–H and O–H groups in total. The molecule has 1 aliphatic rings. The van der Waals surface area contributed by atoms with Crippen LogP contribution in [0.15, 0.2) is 23.9 Å². The van der Waals surface area contributed by atoms with Gasteiger partial charge in [-0.25, -0.2) is 28.9 Å². The molecule has 3 heterocycles. The summed E-state index contributed by atoms with van der Waals surface area (Å²) in [6, 6.07) is 0. The average Bonchev–Trinajstić information content (AvgIpc) is 2.85. The van der Waals surface area contributed by atoms with E-state index in [1.54, 1.807) is 12.4 Å². The van der Waals surface area contributed by atoms with Gasteiger partial charge >= 0.3 is 0 Å². The molecule has 1 unspecified atom stereocenters. The molecule has 9 nitrogen and oxygen atoms in total. The molecule has 0 bridgehead atoms. The smallest absolute Gasteiger partial charge is 0.233 e. The van der Waals surface area contributed by atoms with Crippen LogP contribution in [0.2, 0.25) is 0 Å².